The molecule has 2 unspecified atom stereocenters. The number of halogens is 2. The third-order valence-electron chi connectivity index (χ3n) is 6.98. The quantitative estimate of drug-likeness (QED) is 0.267. The van der Waals surface area contributed by atoms with Crippen molar-refractivity contribution < 1.29 is 32.4 Å². The number of carbonyl (C=O) groups excluding carboxylic acids is 2. The number of methoxy groups -OCH3 is 1. The fourth-order valence-corrected chi connectivity index (χ4v) is 4.78. The molecular formula is C30H28F2N4O5. The molecule has 1 aliphatic carbocycles. The summed E-state index contributed by atoms with van der Waals surface area (Å²) in [5, 5.41) is 6.85. The van der Waals surface area contributed by atoms with Gasteiger partial charge in [-0.05, 0) is 42.3 Å². The smallest absolute Gasteiger partial charge is 0.313 e. The normalized spacial score (nSPS) is 18.6. The van der Waals surface area contributed by atoms with Crippen LogP contribution in [0.4, 0.5) is 8.78 Å². The van der Waals surface area contributed by atoms with Gasteiger partial charge in [-0.15, -0.1) is 0 Å². The van der Waals surface area contributed by atoms with Crippen LogP contribution >= 0.6 is 0 Å². The first-order chi connectivity index (χ1) is 19.7. The number of nitrogens with one attached hydrogen (secondary N) is 1. The molecule has 212 valence electrons. The molecule has 1 saturated carbocycles. The van der Waals surface area contributed by atoms with Crippen LogP contribution in [-0.4, -0.2) is 34.1 Å². The summed E-state index contributed by atoms with van der Waals surface area (Å²) in [6.45, 7) is 5.01. The molecule has 41 heavy (non-hydrogen) atoms. The zero-order valence-electron chi connectivity index (χ0n) is 22.8. The number of rotatable bonds is 9. The van der Waals surface area contributed by atoms with Crippen molar-refractivity contribution >= 4 is 11.9 Å². The number of aromatic nitrogens is 3. The van der Waals surface area contributed by atoms with Crippen molar-refractivity contribution in [3.8, 4) is 11.5 Å². The summed E-state index contributed by atoms with van der Waals surface area (Å²) < 4.78 is 43.5. The molecule has 0 spiro atoms. The molecular weight excluding hydrogens is 534 g/mol. The number of hydrogen-bond donors (Lipinski definition) is 1. The van der Waals surface area contributed by atoms with Crippen molar-refractivity contribution in [1.82, 2.24) is 20.4 Å². The van der Waals surface area contributed by atoms with E-state index in [2.05, 4.69) is 20.4 Å². The highest BCUT2D eigenvalue weighted by Gasteiger charge is 2.56. The Balaban J connectivity index is 1.37. The summed E-state index contributed by atoms with van der Waals surface area (Å²) in [7, 11) is 1.39. The molecule has 0 radical (unpaired) electrons. The first-order valence-electron chi connectivity index (χ1n) is 13.1. The van der Waals surface area contributed by atoms with E-state index in [0.29, 0.717) is 5.89 Å². The summed E-state index contributed by atoms with van der Waals surface area (Å²) in [4.78, 5) is 34.1. The first-order valence-corrected chi connectivity index (χ1v) is 13.1. The number of hydrogen-bond acceptors (Lipinski definition) is 8. The number of ether oxygens (including phenoxy) is 2. The lowest BCUT2D eigenvalue weighted by atomic mass is 10.0. The van der Waals surface area contributed by atoms with Crippen LogP contribution in [0.2, 0.25) is 0 Å². The number of benzene rings is 2. The molecule has 9 nitrogen and oxygen atoms in total. The number of pyridine rings is 1. The van der Waals surface area contributed by atoms with Gasteiger partial charge in [-0.2, -0.15) is 4.98 Å². The van der Waals surface area contributed by atoms with Gasteiger partial charge < -0.3 is 19.3 Å². The summed E-state index contributed by atoms with van der Waals surface area (Å²) in [6, 6.07) is 13.2. The highest BCUT2D eigenvalue weighted by molar-refractivity contribution is 5.96. The topological polar surface area (TPSA) is 116 Å². The van der Waals surface area contributed by atoms with Crippen LogP contribution in [-0.2, 0) is 4.79 Å². The van der Waals surface area contributed by atoms with Gasteiger partial charge in [-0.1, -0.05) is 43.3 Å². The van der Waals surface area contributed by atoms with E-state index in [9.17, 15) is 18.4 Å². The predicted octanol–water partition coefficient (Wildman–Crippen LogP) is 5.47. The van der Waals surface area contributed by atoms with E-state index >= 15 is 0 Å². The Morgan fingerprint density at radius 1 is 0.902 bits per heavy atom. The van der Waals surface area contributed by atoms with E-state index in [1.807, 2.05) is 0 Å². The zero-order valence-corrected chi connectivity index (χ0v) is 22.8. The Kier molecular flexibility index (Phi) is 7.78. The lowest BCUT2D eigenvalue weighted by molar-refractivity contribution is -0.137. The second kappa shape index (κ2) is 11.4. The van der Waals surface area contributed by atoms with Crippen molar-refractivity contribution in [2.75, 3.05) is 7.11 Å². The Labute approximate surface area is 234 Å². The fraction of sp³-hybridized carbons (Fsp3) is 0.300. The molecule has 0 aliphatic heterocycles. The molecule has 1 amide bonds. The number of carbonyl (C=O) groups is 2. The standard InChI is InChI=1S/C30H28F2N4O5/c1-15(2)30(38)40-26-21(39-4)13-14-33-25(26)28(37)34-16(3)27-35-29(41-36-27)24-22(17-5-9-19(31)10-6-17)23(24)18-7-11-20(32)12-8-18/h5-16,22-24H,1-4H3,(H,34,37)/t16-,22?,23?,24?/m0/s1. The second-order valence-electron chi connectivity index (χ2n) is 10.1. The summed E-state index contributed by atoms with van der Waals surface area (Å²) in [5.41, 5.74) is 1.64. The van der Waals surface area contributed by atoms with Crippen molar-refractivity contribution in [3.63, 3.8) is 0 Å². The molecule has 1 aliphatic rings. The molecule has 2 aromatic heterocycles. The maximum Gasteiger partial charge on any atom is 0.313 e. The lowest BCUT2D eigenvalue weighted by Gasteiger charge is -2.15. The Morgan fingerprint density at radius 2 is 1.49 bits per heavy atom. The van der Waals surface area contributed by atoms with Gasteiger partial charge in [0.2, 0.25) is 11.6 Å². The molecule has 1 fully saturated rings. The van der Waals surface area contributed by atoms with Gasteiger partial charge in [0, 0.05) is 24.1 Å². The Hall–Kier alpha value is -4.67. The minimum Gasteiger partial charge on any atom is -0.493 e. The van der Waals surface area contributed by atoms with E-state index in [4.69, 9.17) is 14.0 Å². The predicted molar refractivity (Wildman–Crippen MR) is 142 cm³/mol. The minimum atomic E-state index is -0.700. The van der Waals surface area contributed by atoms with Crippen LogP contribution in [0, 0.1) is 17.6 Å². The summed E-state index contributed by atoms with van der Waals surface area (Å²) in [6.07, 6.45) is 1.37. The molecule has 5 rings (SSSR count). The van der Waals surface area contributed by atoms with E-state index in [1.165, 1.54) is 43.6 Å². The highest BCUT2D eigenvalue weighted by atomic mass is 19.1. The highest BCUT2D eigenvalue weighted by Crippen LogP contribution is 2.65. The van der Waals surface area contributed by atoms with Crippen LogP contribution in [0.1, 0.15) is 77.9 Å². The minimum absolute atomic E-state index is 0.0848. The molecule has 1 N–H and O–H groups in total. The molecule has 4 aromatic rings. The molecule has 0 bridgehead atoms. The Bertz CT molecular complexity index is 1500. The average Bonchev–Trinajstić information content (AvgIpc) is 3.49. The van der Waals surface area contributed by atoms with Crippen LogP contribution in [0.3, 0.4) is 0 Å². The van der Waals surface area contributed by atoms with Crippen molar-refractivity contribution in [3.05, 3.63) is 101 Å². The number of nitrogens with zero attached hydrogens (tertiary/aromatic N) is 3. The van der Waals surface area contributed by atoms with Crippen LogP contribution in [0.5, 0.6) is 11.5 Å². The maximum atomic E-state index is 13.6. The maximum absolute atomic E-state index is 13.6. The van der Waals surface area contributed by atoms with Crippen molar-refractivity contribution in [2.24, 2.45) is 5.92 Å². The van der Waals surface area contributed by atoms with Crippen LogP contribution < -0.4 is 14.8 Å². The Morgan fingerprint density at radius 3 is 2.02 bits per heavy atom. The van der Waals surface area contributed by atoms with E-state index in [1.54, 1.807) is 45.0 Å². The molecule has 11 heteroatoms. The van der Waals surface area contributed by atoms with Gasteiger partial charge in [0.25, 0.3) is 5.91 Å². The molecule has 3 atom stereocenters. The third-order valence-corrected chi connectivity index (χ3v) is 6.98. The van der Waals surface area contributed by atoms with Gasteiger partial charge in [0.1, 0.15) is 11.6 Å². The largest absolute Gasteiger partial charge is 0.493 e. The number of amides is 1. The molecule has 2 aromatic carbocycles. The van der Waals surface area contributed by atoms with Gasteiger partial charge in [-0.3, -0.25) is 9.59 Å². The van der Waals surface area contributed by atoms with E-state index < -0.39 is 23.8 Å². The molecule has 2 heterocycles. The summed E-state index contributed by atoms with van der Waals surface area (Å²) >= 11 is 0. The van der Waals surface area contributed by atoms with Gasteiger partial charge >= 0.3 is 5.97 Å². The number of esters is 1. The van der Waals surface area contributed by atoms with Crippen molar-refractivity contribution in [2.45, 2.75) is 44.6 Å². The van der Waals surface area contributed by atoms with Crippen LogP contribution in [0.15, 0.2) is 65.3 Å². The van der Waals surface area contributed by atoms with Gasteiger partial charge in [0.15, 0.2) is 17.3 Å². The second-order valence-corrected chi connectivity index (χ2v) is 10.1. The monoisotopic (exact) mass is 562 g/mol. The van der Waals surface area contributed by atoms with E-state index in [-0.39, 0.29) is 52.4 Å². The van der Waals surface area contributed by atoms with Gasteiger partial charge in [-0.25, -0.2) is 13.8 Å². The van der Waals surface area contributed by atoms with E-state index in [0.717, 1.165) is 11.1 Å². The first kappa shape index (κ1) is 27.9. The SMILES string of the molecule is COc1ccnc(C(=O)N[C@@H](C)c2noc(C3C(c4ccc(F)cc4)C3c3ccc(F)cc3)n2)c1OC(=O)C(C)C. The fourth-order valence-electron chi connectivity index (χ4n) is 4.78. The third kappa shape index (κ3) is 5.79. The van der Waals surface area contributed by atoms with Crippen LogP contribution in [0.25, 0.3) is 0 Å². The van der Waals surface area contributed by atoms with Crippen molar-refractivity contribution in [1.29, 1.82) is 0 Å². The lowest BCUT2D eigenvalue weighted by Crippen LogP contribution is -2.29. The summed E-state index contributed by atoms with van der Waals surface area (Å²) in [5.74, 6) is -2.04. The van der Waals surface area contributed by atoms with Gasteiger partial charge in [0.05, 0.1) is 25.0 Å². The average molecular weight is 563 g/mol. The molecule has 0 saturated heterocycles. The zero-order chi connectivity index (χ0) is 29.3.